The minimum atomic E-state index is -1.35. The van der Waals surface area contributed by atoms with Crippen LogP contribution in [0.15, 0.2) is 35.2 Å². The molecule has 6 nitrogen and oxygen atoms in total. The number of carbonyl (C=O) groups is 1. The van der Waals surface area contributed by atoms with Crippen molar-refractivity contribution in [2.45, 2.75) is 55.9 Å². The summed E-state index contributed by atoms with van der Waals surface area (Å²) in [5.41, 5.74) is 18.8. The van der Waals surface area contributed by atoms with Gasteiger partial charge in [-0.25, -0.2) is 9.35 Å². The van der Waals surface area contributed by atoms with Crippen molar-refractivity contribution in [3.8, 4) is 0 Å². The Balaban J connectivity index is 0.000000146. The Morgan fingerprint density at radius 2 is 1.52 bits per heavy atom. The van der Waals surface area contributed by atoms with E-state index in [1.165, 1.54) is 72.8 Å². The molecule has 0 spiro atoms. The highest BCUT2D eigenvalue weighted by Crippen LogP contribution is 2.36. The minimum absolute atomic E-state index is 0.250. The van der Waals surface area contributed by atoms with Gasteiger partial charge in [0.25, 0.3) is 0 Å². The van der Waals surface area contributed by atoms with Gasteiger partial charge in [0.2, 0.25) is 6.41 Å². The number of nitrogens with one attached hydrogen (secondary N) is 1. The van der Waals surface area contributed by atoms with Crippen LogP contribution >= 0.6 is 0 Å². The Hall–Kier alpha value is -2.22. The fraction of sp³-hybridized carbons (Fsp3) is 0.409. The van der Waals surface area contributed by atoms with E-state index in [9.17, 15) is 4.21 Å². The Morgan fingerprint density at radius 1 is 1.00 bits per heavy atom. The van der Waals surface area contributed by atoms with Crippen LogP contribution in [-0.4, -0.2) is 17.2 Å². The number of anilines is 1. The molecule has 2 aromatic rings. The number of primary amides is 1. The third-order valence-electron chi connectivity index (χ3n) is 5.86. The van der Waals surface area contributed by atoms with Gasteiger partial charge in [-0.2, -0.15) is 0 Å². The smallest absolute Gasteiger partial charge is 0.204 e. The van der Waals surface area contributed by atoms with Crippen molar-refractivity contribution in [3.05, 3.63) is 58.1 Å². The van der Waals surface area contributed by atoms with E-state index in [1.54, 1.807) is 0 Å². The maximum absolute atomic E-state index is 10.9. The maximum Gasteiger partial charge on any atom is 0.204 e. The molecule has 156 valence electrons. The van der Waals surface area contributed by atoms with Gasteiger partial charge in [-0.05, 0) is 91.4 Å². The Bertz CT molecular complexity index is 847. The molecule has 0 saturated carbocycles. The van der Waals surface area contributed by atoms with Gasteiger partial charge in [-0.1, -0.05) is 18.2 Å². The van der Waals surface area contributed by atoms with Crippen LogP contribution in [-0.2, 0) is 41.5 Å². The fourth-order valence-electron chi connectivity index (χ4n) is 4.27. The van der Waals surface area contributed by atoms with Gasteiger partial charge in [0.15, 0.2) is 0 Å². The van der Waals surface area contributed by atoms with Crippen LogP contribution in [0.25, 0.3) is 0 Å². The maximum atomic E-state index is 10.9. The zero-order valence-electron chi connectivity index (χ0n) is 16.7. The molecule has 2 aliphatic carbocycles. The molecule has 0 radical (unpaired) electrons. The number of hydrogen-bond donors (Lipinski definition) is 4. The third kappa shape index (κ3) is 5.04. The van der Waals surface area contributed by atoms with E-state index in [1.807, 2.05) is 24.3 Å². The summed E-state index contributed by atoms with van der Waals surface area (Å²) >= 11 is 0. The van der Waals surface area contributed by atoms with Crippen molar-refractivity contribution in [1.29, 1.82) is 0 Å². The molecule has 1 heterocycles. The lowest BCUT2D eigenvalue weighted by Gasteiger charge is -2.27. The summed E-state index contributed by atoms with van der Waals surface area (Å²) in [6, 6.07) is 10.5. The van der Waals surface area contributed by atoms with Gasteiger partial charge < -0.3 is 16.8 Å². The topological polar surface area (TPSA) is 124 Å². The highest BCUT2D eigenvalue weighted by atomic mass is 32.2. The zero-order valence-corrected chi connectivity index (χ0v) is 17.5. The van der Waals surface area contributed by atoms with Gasteiger partial charge in [0, 0.05) is 11.7 Å². The summed E-state index contributed by atoms with van der Waals surface area (Å²) in [4.78, 5) is 9.27. The van der Waals surface area contributed by atoms with E-state index < -0.39 is 11.0 Å². The number of amides is 1. The lowest BCUT2D eigenvalue weighted by Crippen LogP contribution is -2.34. The molecule has 1 saturated heterocycles. The second-order valence-corrected chi connectivity index (χ2v) is 8.64. The van der Waals surface area contributed by atoms with Crippen LogP contribution in [0, 0.1) is 0 Å². The average Bonchev–Trinajstić information content (AvgIpc) is 3.32. The van der Waals surface area contributed by atoms with Crippen LogP contribution in [0.3, 0.4) is 0 Å². The SMILES string of the molecule is NC=O.NS(=O)c1ccc(C2CCN2)cc1.Nc1c2c(cc3c1CCC3)CCC2. The van der Waals surface area contributed by atoms with E-state index in [-0.39, 0.29) is 6.41 Å². The van der Waals surface area contributed by atoms with Crippen molar-refractivity contribution in [2.24, 2.45) is 10.9 Å². The van der Waals surface area contributed by atoms with Crippen molar-refractivity contribution in [1.82, 2.24) is 5.32 Å². The molecule has 0 aromatic heterocycles. The second-order valence-electron chi connectivity index (χ2n) is 7.57. The van der Waals surface area contributed by atoms with Crippen LogP contribution in [0.2, 0.25) is 0 Å². The Labute approximate surface area is 174 Å². The second kappa shape index (κ2) is 10.0. The first-order chi connectivity index (χ1) is 14.0. The lowest BCUT2D eigenvalue weighted by atomic mass is 9.98. The lowest BCUT2D eigenvalue weighted by molar-refractivity contribution is -0.106. The fourth-order valence-corrected chi connectivity index (χ4v) is 4.67. The zero-order chi connectivity index (χ0) is 20.8. The van der Waals surface area contributed by atoms with Gasteiger partial charge in [0.1, 0.15) is 11.0 Å². The van der Waals surface area contributed by atoms with E-state index in [0.29, 0.717) is 10.9 Å². The summed E-state index contributed by atoms with van der Waals surface area (Å²) in [7, 11) is -1.35. The number of benzene rings is 2. The highest BCUT2D eigenvalue weighted by molar-refractivity contribution is 7.82. The Morgan fingerprint density at radius 3 is 1.93 bits per heavy atom. The number of carbonyl (C=O) groups excluding carboxylic acids is 1. The molecular weight excluding hydrogens is 384 g/mol. The molecular formula is C22H30N4O2S. The van der Waals surface area contributed by atoms with Gasteiger partial charge in [-0.3, -0.25) is 4.79 Å². The molecule has 1 fully saturated rings. The largest absolute Gasteiger partial charge is 0.398 e. The predicted octanol–water partition coefficient (Wildman–Crippen LogP) is 2.05. The standard InChI is InChI=1S/C12H15N.C9H12N2OS.CH3NO/c13-12-10-5-1-3-8(10)7-9-4-2-6-11(9)12;10-13(12)8-3-1-7(2-4-8)9-5-6-11-9;2-1-3/h7H,1-6,13H2;1-4,9,11H,5-6,10H2;1H,(H2,2,3). The molecule has 1 amide bonds. The van der Waals surface area contributed by atoms with Crippen molar-refractivity contribution >= 4 is 23.1 Å². The van der Waals surface area contributed by atoms with Crippen molar-refractivity contribution < 1.29 is 9.00 Å². The molecule has 2 atom stereocenters. The summed E-state index contributed by atoms with van der Waals surface area (Å²) in [6.07, 6.45) is 9.00. The predicted molar refractivity (Wildman–Crippen MR) is 118 cm³/mol. The first kappa shape index (κ1) is 21.5. The molecule has 0 bridgehead atoms. The quantitative estimate of drug-likeness (QED) is 0.443. The molecule has 7 heteroatoms. The summed E-state index contributed by atoms with van der Waals surface area (Å²) in [5.74, 6) is 0. The van der Waals surface area contributed by atoms with Crippen LogP contribution < -0.4 is 21.9 Å². The van der Waals surface area contributed by atoms with E-state index in [0.717, 1.165) is 12.2 Å². The number of hydrogen-bond acceptors (Lipinski definition) is 4. The van der Waals surface area contributed by atoms with Crippen LogP contribution in [0.5, 0.6) is 0 Å². The highest BCUT2D eigenvalue weighted by Gasteiger charge is 2.22. The number of nitrogen functional groups attached to an aromatic ring is 1. The summed E-state index contributed by atoms with van der Waals surface area (Å²) < 4.78 is 10.9. The number of rotatable bonds is 2. The van der Waals surface area contributed by atoms with Gasteiger partial charge in [-0.15, -0.1) is 0 Å². The normalized spacial score (nSPS) is 19.4. The van der Waals surface area contributed by atoms with E-state index in [2.05, 4.69) is 17.1 Å². The minimum Gasteiger partial charge on any atom is -0.398 e. The summed E-state index contributed by atoms with van der Waals surface area (Å²) in [5, 5.41) is 8.55. The van der Waals surface area contributed by atoms with Crippen LogP contribution in [0.4, 0.5) is 5.69 Å². The van der Waals surface area contributed by atoms with E-state index in [4.69, 9.17) is 15.7 Å². The summed E-state index contributed by atoms with van der Waals surface area (Å²) in [6.45, 7) is 1.09. The van der Waals surface area contributed by atoms with E-state index >= 15 is 0 Å². The monoisotopic (exact) mass is 414 g/mol. The molecule has 29 heavy (non-hydrogen) atoms. The third-order valence-corrected chi connectivity index (χ3v) is 6.60. The molecule has 2 aromatic carbocycles. The van der Waals surface area contributed by atoms with Crippen molar-refractivity contribution in [2.75, 3.05) is 12.3 Å². The van der Waals surface area contributed by atoms with Gasteiger partial charge >= 0.3 is 0 Å². The van der Waals surface area contributed by atoms with Crippen LogP contribution in [0.1, 0.15) is 53.1 Å². The number of fused-ring (bicyclic) bond motifs is 2. The van der Waals surface area contributed by atoms with Crippen molar-refractivity contribution in [3.63, 3.8) is 0 Å². The molecule has 2 unspecified atom stereocenters. The molecule has 1 aliphatic heterocycles. The number of nitrogens with two attached hydrogens (primary N) is 3. The molecule has 5 rings (SSSR count). The molecule has 7 N–H and O–H groups in total. The number of aryl methyl sites for hydroxylation is 2. The molecule has 3 aliphatic rings. The average molecular weight is 415 g/mol. The first-order valence-electron chi connectivity index (χ1n) is 10.1. The Kier molecular flexibility index (Phi) is 7.41. The van der Waals surface area contributed by atoms with Gasteiger partial charge in [0.05, 0.1) is 4.90 Å². The first-order valence-corrected chi connectivity index (χ1v) is 11.3.